The zero-order chi connectivity index (χ0) is 13.5. The molecule has 0 aromatic carbocycles. The van der Waals surface area contributed by atoms with Crippen LogP contribution in [-0.4, -0.2) is 29.0 Å². The van der Waals surface area contributed by atoms with Gasteiger partial charge in [0.2, 0.25) is 0 Å². The molecule has 1 aliphatic heterocycles. The van der Waals surface area contributed by atoms with Crippen molar-refractivity contribution in [2.45, 2.75) is 50.7 Å². The van der Waals surface area contributed by atoms with Gasteiger partial charge in [-0.3, -0.25) is 4.68 Å². The summed E-state index contributed by atoms with van der Waals surface area (Å²) in [6, 6.07) is 0.412. The van der Waals surface area contributed by atoms with Crippen LogP contribution in [0.3, 0.4) is 0 Å². The van der Waals surface area contributed by atoms with Crippen LogP contribution in [0.1, 0.15) is 49.4 Å². The van der Waals surface area contributed by atoms with E-state index in [0.29, 0.717) is 12.0 Å². The van der Waals surface area contributed by atoms with Crippen molar-refractivity contribution in [1.82, 2.24) is 15.1 Å². The van der Waals surface area contributed by atoms with Crippen LogP contribution in [-0.2, 0) is 11.8 Å². The Morgan fingerprint density at radius 1 is 1.53 bits per heavy atom. The van der Waals surface area contributed by atoms with Crippen molar-refractivity contribution in [3.63, 3.8) is 0 Å². The highest BCUT2D eigenvalue weighted by molar-refractivity contribution is 5.22. The summed E-state index contributed by atoms with van der Waals surface area (Å²) >= 11 is 0. The molecule has 2 aliphatic rings. The highest BCUT2D eigenvalue weighted by Gasteiger charge is 2.44. The molecule has 4 heteroatoms. The number of ether oxygens (including phenoxy) is 1. The zero-order valence-corrected chi connectivity index (χ0v) is 12.3. The van der Waals surface area contributed by atoms with E-state index in [0.717, 1.165) is 13.0 Å². The predicted octanol–water partition coefficient (Wildman–Crippen LogP) is 2.34. The van der Waals surface area contributed by atoms with Crippen molar-refractivity contribution in [2.75, 3.05) is 13.7 Å². The van der Waals surface area contributed by atoms with Gasteiger partial charge in [0, 0.05) is 31.0 Å². The molecule has 1 saturated heterocycles. The number of aryl methyl sites for hydroxylation is 1. The van der Waals surface area contributed by atoms with Crippen molar-refractivity contribution in [3.8, 4) is 0 Å². The second-order valence-corrected chi connectivity index (χ2v) is 6.21. The summed E-state index contributed by atoms with van der Waals surface area (Å²) in [5.41, 5.74) is 2.84. The summed E-state index contributed by atoms with van der Waals surface area (Å²) in [6.07, 6.45) is 8.23. The molecule has 0 bridgehead atoms. The standard InChI is InChI=1S/C15H25N3O/c1-11-13(10-17-18(11)3)14(16-2)12-5-8-19-15(9-12)6-4-7-15/h10,12,14,16H,4-9H2,1-3H3. The summed E-state index contributed by atoms with van der Waals surface area (Å²) in [4.78, 5) is 0. The van der Waals surface area contributed by atoms with E-state index in [-0.39, 0.29) is 5.60 Å². The summed E-state index contributed by atoms with van der Waals surface area (Å²) in [6.45, 7) is 3.08. The predicted molar refractivity (Wildman–Crippen MR) is 75.0 cm³/mol. The van der Waals surface area contributed by atoms with Gasteiger partial charge >= 0.3 is 0 Å². The number of aromatic nitrogens is 2. The Balaban J connectivity index is 1.80. The Hall–Kier alpha value is -0.870. The van der Waals surface area contributed by atoms with Gasteiger partial charge in [0.1, 0.15) is 0 Å². The fourth-order valence-corrected chi connectivity index (χ4v) is 3.74. The molecule has 1 aromatic rings. The fourth-order valence-electron chi connectivity index (χ4n) is 3.74. The van der Waals surface area contributed by atoms with E-state index in [2.05, 4.69) is 24.4 Å². The fraction of sp³-hybridized carbons (Fsp3) is 0.800. The second-order valence-electron chi connectivity index (χ2n) is 6.21. The van der Waals surface area contributed by atoms with Gasteiger partial charge in [0.15, 0.2) is 0 Å². The van der Waals surface area contributed by atoms with Crippen LogP contribution < -0.4 is 5.32 Å². The SMILES string of the molecule is CNC(c1cnn(C)c1C)C1CCOC2(CCC2)C1. The van der Waals surface area contributed by atoms with Crippen LogP contribution in [0.15, 0.2) is 6.20 Å². The molecule has 3 rings (SSSR count). The van der Waals surface area contributed by atoms with Crippen LogP contribution in [0, 0.1) is 12.8 Å². The average molecular weight is 263 g/mol. The molecule has 2 heterocycles. The van der Waals surface area contributed by atoms with Crippen molar-refractivity contribution >= 4 is 0 Å². The molecule has 1 aliphatic carbocycles. The van der Waals surface area contributed by atoms with E-state index in [1.807, 2.05) is 17.9 Å². The first-order valence-corrected chi connectivity index (χ1v) is 7.45. The van der Waals surface area contributed by atoms with Gasteiger partial charge in [-0.15, -0.1) is 0 Å². The smallest absolute Gasteiger partial charge is 0.0686 e. The molecule has 4 nitrogen and oxygen atoms in total. The van der Waals surface area contributed by atoms with E-state index in [1.165, 1.54) is 36.9 Å². The average Bonchev–Trinajstić information content (AvgIpc) is 2.71. The summed E-state index contributed by atoms with van der Waals surface area (Å²) in [5, 5.41) is 7.92. The number of hydrogen-bond donors (Lipinski definition) is 1. The number of rotatable bonds is 3. The third-order valence-corrected chi connectivity index (χ3v) is 5.19. The lowest BCUT2D eigenvalue weighted by Crippen LogP contribution is -2.47. The molecular weight excluding hydrogens is 238 g/mol. The van der Waals surface area contributed by atoms with Crippen LogP contribution in [0.4, 0.5) is 0 Å². The Labute approximate surface area is 115 Å². The number of hydrogen-bond acceptors (Lipinski definition) is 3. The summed E-state index contributed by atoms with van der Waals surface area (Å²) < 4.78 is 8.02. The van der Waals surface area contributed by atoms with Gasteiger partial charge in [0.05, 0.1) is 11.8 Å². The lowest BCUT2D eigenvalue weighted by Gasteiger charge is -2.48. The maximum atomic E-state index is 6.05. The maximum Gasteiger partial charge on any atom is 0.0686 e. The summed E-state index contributed by atoms with van der Waals surface area (Å²) in [5.74, 6) is 0.668. The van der Waals surface area contributed by atoms with Gasteiger partial charge in [0.25, 0.3) is 0 Å². The molecule has 1 aromatic heterocycles. The van der Waals surface area contributed by atoms with Crippen molar-refractivity contribution in [2.24, 2.45) is 13.0 Å². The van der Waals surface area contributed by atoms with Crippen molar-refractivity contribution in [1.29, 1.82) is 0 Å². The van der Waals surface area contributed by atoms with Crippen LogP contribution in [0.2, 0.25) is 0 Å². The van der Waals surface area contributed by atoms with Crippen LogP contribution in [0.25, 0.3) is 0 Å². The molecule has 106 valence electrons. The topological polar surface area (TPSA) is 39.1 Å². The van der Waals surface area contributed by atoms with Gasteiger partial charge in [-0.25, -0.2) is 0 Å². The minimum absolute atomic E-state index is 0.216. The van der Waals surface area contributed by atoms with E-state index in [1.54, 1.807) is 0 Å². The maximum absolute atomic E-state index is 6.05. The highest BCUT2D eigenvalue weighted by Crippen LogP contribution is 2.47. The Bertz CT molecular complexity index is 450. The highest BCUT2D eigenvalue weighted by atomic mass is 16.5. The van der Waals surface area contributed by atoms with E-state index < -0.39 is 0 Å². The van der Waals surface area contributed by atoms with Gasteiger partial charge in [-0.1, -0.05) is 0 Å². The normalized spacial score (nSPS) is 27.2. The molecule has 19 heavy (non-hydrogen) atoms. The first-order chi connectivity index (χ1) is 9.15. The van der Waals surface area contributed by atoms with E-state index >= 15 is 0 Å². The molecule has 2 fully saturated rings. The van der Waals surface area contributed by atoms with E-state index in [9.17, 15) is 0 Å². The third kappa shape index (κ3) is 2.21. The number of nitrogens with one attached hydrogen (secondary N) is 1. The van der Waals surface area contributed by atoms with Crippen LogP contribution in [0.5, 0.6) is 0 Å². The molecule has 0 radical (unpaired) electrons. The second kappa shape index (κ2) is 4.91. The van der Waals surface area contributed by atoms with Crippen molar-refractivity contribution < 1.29 is 4.74 Å². The first kappa shape index (κ1) is 13.1. The quantitative estimate of drug-likeness (QED) is 0.910. The minimum Gasteiger partial charge on any atom is -0.375 e. The van der Waals surface area contributed by atoms with Crippen LogP contribution >= 0.6 is 0 Å². The molecule has 1 saturated carbocycles. The minimum atomic E-state index is 0.216. The Morgan fingerprint density at radius 3 is 2.84 bits per heavy atom. The lowest BCUT2D eigenvalue weighted by atomic mass is 9.69. The Morgan fingerprint density at radius 2 is 2.32 bits per heavy atom. The zero-order valence-electron chi connectivity index (χ0n) is 12.3. The lowest BCUT2D eigenvalue weighted by molar-refractivity contribution is -0.147. The van der Waals surface area contributed by atoms with E-state index in [4.69, 9.17) is 4.74 Å². The van der Waals surface area contributed by atoms with Gasteiger partial charge in [-0.2, -0.15) is 5.10 Å². The third-order valence-electron chi connectivity index (χ3n) is 5.19. The number of nitrogens with zero attached hydrogens (tertiary/aromatic N) is 2. The molecule has 1 N–H and O–H groups in total. The molecule has 2 atom stereocenters. The Kier molecular flexibility index (Phi) is 3.39. The van der Waals surface area contributed by atoms with Gasteiger partial charge < -0.3 is 10.1 Å². The first-order valence-electron chi connectivity index (χ1n) is 7.45. The molecule has 2 unspecified atom stereocenters. The molecular formula is C15H25N3O. The van der Waals surface area contributed by atoms with Gasteiger partial charge in [-0.05, 0) is 52.0 Å². The largest absolute Gasteiger partial charge is 0.375 e. The molecule has 0 amide bonds. The van der Waals surface area contributed by atoms with Crippen molar-refractivity contribution in [3.05, 3.63) is 17.5 Å². The monoisotopic (exact) mass is 263 g/mol. The molecule has 1 spiro atoms. The summed E-state index contributed by atoms with van der Waals surface area (Å²) in [7, 11) is 4.09.